The van der Waals surface area contributed by atoms with E-state index in [-0.39, 0.29) is 11.9 Å². The molecule has 0 heterocycles. The van der Waals surface area contributed by atoms with Crippen LogP contribution in [0.25, 0.3) is 0 Å². The first-order chi connectivity index (χ1) is 9.06. The average molecular weight is 257 g/mol. The molecule has 0 aliphatic rings. The third kappa shape index (κ3) is 3.65. The van der Waals surface area contributed by atoms with Crippen LogP contribution in [0.15, 0.2) is 48.5 Å². The minimum absolute atomic E-state index is 0.201. The molecule has 0 radical (unpaired) electrons. The van der Waals surface area contributed by atoms with Crippen molar-refractivity contribution in [3.63, 3.8) is 0 Å². The quantitative estimate of drug-likeness (QED) is 0.877. The summed E-state index contributed by atoms with van der Waals surface area (Å²) >= 11 is 0. The van der Waals surface area contributed by atoms with Crippen LogP contribution in [0.2, 0.25) is 0 Å². The van der Waals surface area contributed by atoms with E-state index >= 15 is 0 Å². The molecule has 19 heavy (non-hydrogen) atoms. The fourth-order valence-electron chi connectivity index (χ4n) is 2.25. The molecule has 0 spiro atoms. The van der Waals surface area contributed by atoms with Gasteiger partial charge >= 0.3 is 0 Å². The van der Waals surface area contributed by atoms with Crippen LogP contribution in [0.4, 0.5) is 4.39 Å². The van der Waals surface area contributed by atoms with Crippen molar-refractivity contribution in [3.8, 4) is 0 Å². The van der Waals surface area contributed by atoms with E-state index < -0.39 is 0 Å². The molecule has 0 fully saturated rings. The lowest BCUT2D eigenvalue weighted by atomic mass is 9.95. The first-order valence-corrected chi connectivity index (χ1v) is 6.66. The summed E-state index contributed by atoms with van der Waals surface area (Å²) in [6.07, 6.45) is 1.05. The lowest BCUT2D eigenvalue weighted by Gasteiger charge is -2.14. The third-order valence-electron chi connectivity index (χ3n) is 3.18. The van der Waals surface area contributed by atoms with Gasteiger partial charge in [-0.2, -0.15) is 0 Å². The smallest absolute Gasteiger partial charge is 0.123 e. The highest BCUT2D eigenvalue weighted by atomic mass is 19.1. The molecule has 0 saturated heterocycles. The van der Waals surface area contributed by atoms with Gasteiger partial charge < -0.3 is 5.73 Å². The summed E-state index contributed by atoms with van der Waals surface area (Å²) in [6, 6.07) is 14.5. The molecule has 0 aliphatic carbocycles. The van der Waals surface area contributed by atoms with Crippen LogP contribution in [0, 0.1) is 11.7 Å². The Bertz CT molecular complexity index is 531. The van der Waals surface area contributed by atoms with E-state index in [1.165, 1.54) is 17.7 Å². The van der Waals surface area contributed by atoms with Crippen LogP contribution in [-0.4, -0.2) is 0 Å². The number of rotatable bonds is 4. The van der Waals surface area contributed by atoms with Crippen LogP contribution in [-0.2, 0) is 6.42 Å². The highest BCUT2D eigenvalue weighted by molar-refractivity contribution is 5.34. The SMILES string of the molecule is CC(C)Cc1cccc(C(N)c2ccc(F)cc2)c1. The van der Waals surface area contributed by atoms with Gasteiger partial charge in [0, 0.05) is 0 Å². The Balaban J connectivity index is 2.23. The summed E-state index contributed by atoms with van der Waals surface area (Å²) in [5, 5.41) is 0. The fraction of sp³-hybridized carbons (Fsp3) is 0.294. The Morgan fingerprint density at radius 1 is 1.00 bits per heavy atom. The highest BCUT2D eigenvalue weighted by Crippen LogP contribution is 2.21. The summed E-state index contributed by atoms with van der Waals surface area (Å²) in [5.41, 5.74) is 9.55. The second-order valence-electron chi connectivity index (χ2n) is 5.37. The number of hydrogen-bond acceptors (Lipinski definition) is 1. The lowest BCUT2D eigenvalue weighted by molar-refractivity contribution is 0.626. The van der Waals surface area contributed by atoms with Crippen molar-refractivity contribution in [3.05, 3.63) is 71.0 Å². The van der Waals surface area contributed by atoms with Gasteiger partial charge in [0.1, 0.15) is 5.82 Å². The van der Waals surface area contributed by atoms with E-state index in [4.69, 9.17) is 5.73 Å². The Morgan fingerprint density at radius 2 is 1.68 bits per heavy atom. The topological polar surface area (TPSA) is 26.0 Å². The van der Waals surface area contributed by atoms with Crippen molar-refractivity contribution in [2.45, 2.75) is 26.3 Å². The zero-order valence-electron chi connectivity index (χ0n) is 11.4. The Kier molecular flexibility index (Phi) is 4.33. The van der Waals surface area contributed by atoms with Gasteiger partial charge in [-0.05, 0) is 41.2 Å². The third-order valence-corrected chi connectivity index (χ3v) is 3.18. The van der Waals surface area contributed by atoms with Crippen molar-refractivity contribution < 1.29 is 4.39 Å². The Morgan fingerprint density at radius 3 is 2.32 bits per heavy atom. The Hall–Kier alpha value is -1.67. The van der Waals surface area contributed by atoms with E-state index in [0.29, 0.717) is 5.92 Å². The second kappa shape index (κ2) is 5.98. The van der Waals surface area contributed by atoms with Gasteiger partial charge in [-0.15, -0.1) is 0 Å². The number of halogens is 1. The second-order valence-corrected chi connectivity index (χ2v) is 5.37. The van der Waals surface area contributed by atoms with E-state index in [1.54, 1.807) is 12.1 Å². The molecule has 0 amide bonds. The molecule has 0 saturated carbocycles. The molecule has 2 heteroatoms. The molecule has 1 atom stereocenters. The van der Waals surface area contributed by atoms with E-state index in [0.717, 1.165) is 17.5 Å². The van der Waals surface area contributed by atoms with E-state index in [2.05, 4.69) is 26.0 Å². The van der Waals surface area contributed by atoms with E-state index in [1.807, 2.05) is 12.1 Å². The maximum atomic E-state index is 12.9. The standard InChI is InChI=1S/C17H20FN/c1-12(2)10-13-4-3-5-15(11-13)17(19)14-6-8-16(18)9-7-14/h3-9,11-12,17H,10,19H2,1-2H3. The largest absolute Gasteiger partial charge is 0.320 e. The zero-order valence-corrected chi connectivity index (χ0v) is 11.4. The van der Waals surface area contributed by atoms with Crippen LogP contribution >= 0.6 is 0 Å². The predicted octanol–water partition coefficient (Wildman–Crippen LogP) is 4.07. The molecule has 0 bridgehead atoms. The van der Waals surface area contributed by atoms with Gasteiger partial charge in [0.25, 0.3) is 0 Å². The zero-order chi connectivity index (χ0) is 13.8. The van der Waals surface area contributed by atoms with Gasteiger partial charge in [0.05, 0.1) is 6.04 Å². The summed E-state index contributed by atoms with van der Waals surface area (Å²) in [7, 11) is 0. The van der Waals surface area contributed by atoms with Crippen molar-refractivity contribution in [2.24, 2.45) is 11.7 Å². The van der Waals surface area contributed by atoms with Crippen molar-refractivity contribution in [1.29, 1.82) is 0 Å². The summed E-state index contributed by atoms with van der Waals surface area (Å²) < 4.78 is 12.9. The summed E-state index contributed by atoms with van der Waals surface area (Å²) in [4.78, 5) is 0. The van der Waals surface area contributed by atoms with Gasteiger partial charge in [-0.3, -0.25) is 0 Å². The van der Waals surface area contributed by atoms with Gasteiger partial charge in [-0.25, -0.2) is 4.39 Å². The maximum Gasteiger partial charge on any atom is 0.123 e. The minimum atomic E-state index is -0.232. The van der Waals surface area contributed by atoms with E-state index in [9.17, 15) is 4.39 Å². The molecule has 2 rings (SSSR count). The highest BCUT2D eigenvalue weighted by Gasteiger charge is 2.09. The normalized spacial score (nSPS) is 12.7. The molecule has 0 aliphatic heterocycles. The first kappa shape index (κ1) is 13.8. The molecule has 0 aromatic heterocycles. The first-order valence-electron chi connectivity index (χ1n) is 6.66. The van der Waals surface area contributed by atoms with Gasteiger partial charge in [-0.1, -0.05) is 50.2 Å². The van der Waals surface area contributed by atoms with Crippen LogP contribution < -0.4 is 5.73 Å². The molecular formula is C17H20FN. The molecule has 2 aromatic rings. The Labute approximate surface area is 114 Å². The molecule has 100 valence electrons. The molecule has 1 unspecified atom stereocenters. The average Bonchev–Trinajstić information content (AvgIpc) is 2.38. The van der Waals surface area contributed by atoms with Crippen LogP contribution in [0.5, 0.6) is 0 Å². The van der Waals surface area contributed by atoms with Crippen LogP contribution in [0.1, 0.15) is 36.6 Å². The molecular weight excluding hydrogens is 237 g/mol. The lowest BCUT2D eigenvalue weighted by Crippen LogP contribution is -2.12. The van der Waals surface area contributed by atoms with Crippen molar-refractivity contribution >= 4 is 0 Å². The fourth-order valence-corrected chi connectivity index (χ4v) is 2.25. The molecule has 1 nitrogen and oxygen atoms in total. The van der Waals surface area contributed by atoms with Crippen LogP contribution in [0.3, 0.4) is 0 Å². The number of hydrogen-bond donors (Lipinski definition) is 1. The monoisotopic (exact) mass is 257 g/mol. The van der Waals surface area contributed by atoms with Crippen molar-refractivity contribution in [2.75, 3.05) is 0 Å². The van der Waals surface area contributed by atoms with Gasteiger partial charge in [0.2, 0.25) is 0 Å². The predicted molar refractivity (Wildman–Crippen MR) is 77.4 cm³/mol. The number of nitrogens with two attached hydrogens (primary N) is 1. The summed E-state index contributed by atoms with van der Waals surface area (Å²) in [6.45, 7) is 4.40. The molecule has 2 N–H and O–H groups in total. The summed E-state index contributed by atoms with van der Waals surface area (Å²) in [5.74, 6) is 0.391. The minimum Gasteiger partial charge on any atom is -0.320 e. The van der Waals surface area contributed by atoms with Gasteiger partial charge in [0.15, 0.2) is 0 Å². The van der Waals surface area contributed by atoms with Crippen molar-refractivity contribution in [1.82, 2.24) is 0 Å². The number of benzene rings is 2. The maximum absolute atomic E-state index is 12.9. The molecule has 2 aromatic carbocycles.